The second-order valence-electron chi connectivity index (χ2n) is 4.97. The zero-order valence-electron chi connectivity index (χ0n) is 13.1. The lowest BCUT2D eigenvalue weighted by atomic mass is 10.2. The van der Waals surface area contributed by atoms with Crippen LogP contribution in [0, 0.1) is 6.92 Å². The molecule has 0 bridgehead atoms. The topological polar surface area (TPSA) is 76.1 Å². The first kappa shape index (κ1) is 18.0. The first-order chi connectivity index (χ1) is 10.5. The minimum atomic E-state index is -1.03. The van der Waals surface area contributed by atoms with Crippen LogP contribution < -0.4 is 4.74 Å². The van der Waals surface area contributed by atoms with E-state index in [1.54, 1.807) is 0 Å². The second-order valence-corrected chi connectivity index (χ2v) is 4.97. The molecular weight excluding hydrogens is 286 g/mol. The summed E-state index contributed by atoms with van der Waals surface area (Å²) < 4.78 is 10.5. The van der Waals surface area contributed by atoms with E-state index >= 15 is 0 Å². The fourth-order valence-corrected chi connectivity index (χ4v) is 1.93. The Hall–Kier alpha value is -2.08. The van der Waals surface area contributed by atoms with E-state index < -0.39 is 5.97 Å². The number of carbonyl (C=O) groups is 2. The van der Waals surface area contributed by atoms with E-state index in [1.807, 2.05) is 31.2 Å². The van der Waals surface area contributed by atoms with E-state index in [0.29, 0.717) is 19.6 Å². The Labute approximate surface area is 130 Å². The third-order valence-corrected chi connectivity index (χ3v) is 3.04. The number of carbonyl (C=O) groups excluding carboxylic acids is 1. The molecule has 6 nitrogen and oxygen atoms in total. The summed E-state index contributed by atoms with van der Waals surface area (Å²) >= 11 is 0. The predicted octanol–water partition coefficient (Wildman–Crippen LogP) is 1.71. The second kappa shape index (κ2) is 9.78. The van der Waals surface area contributed by atoms with Gasteiger partial charge < -0.3 is 19.5 Å². The van der Waals surface area contributed by atoms with E-state index in [1.165, 1.54) is 12.0 Å². The molecule has 0 heterocycles. The summed E-state index contributed by atoms with van der Waals surface area (Å²) in [6, 6.07) is 7.69. The van der Waals surface area contributed by atoms with E-state index in [4.69, 9.17) is 14.6 Å². The molecule has 22 heavy (non-hydrogen) atoms. The van der Waals surface area contributed by atoms with Crippen LogP contribution in [0.4, 0.5) is 0 Å². The van der Waals surface area contributed by atoms with Gasteiger partial charge >= 0.3 is 5.97 Å². The maximum Gasteiger partial charge on any atom is 0.323 e. The zero-order valence-corrected chi connectivity index (χ0v) is 13.1. The van der Waals surface area contributed by atoms with Crippen LogP contribution in [0.1, 0.15) is 18.4 Å². The van der Waals surface area contributed by atoms with Crippen molar-refractivity contribution in [3.63, 3.8) is 0 Å². The zero-order chi connectivity index (χ0) is 16.4. The third kappa shape index (κ3) is 7.08. The number of aryl methyl sites for hydroxylation is 1. The van der Waals surface area contributed by atoms with Crippen molar-refractivity contribution in [2.24, 2.45) is 0 Å². The number of amides is 1. The number of rotatable bonds is 10. The number of methoxy groups -OCH3 is 1. The molecule has 1 N–H and O–H groups in total. The Balaban J connectivity index is 2.34. The van der Waals surface area contributed by atoms with Crippen molar-refractivity contribution in [2.45, 2.75) is 19.8 Å². The summed E-state index contributed by atoms with van der Waals surface area (Å²) in [5.74, 6) is -0.456. The van der Waals surface area contributed by atoms with Gasteiger partial charge in [0.25, 0.3) is 0 Å². The van der Waals surface area contributed by atoms with Gasteiger partial charge in [-0.05, 0) is 31.0 Å². The first-order valence-corrected chi connectivity index (χ1v) is 7.21. The van der Waals surface area contributed by atoms with Crippen LogP contribution in [0.25, 0.3) is 0 Å². The maximum absolute atomic E-state index is 12.0. The average Bonchev–Trinajstić information content (AvgIpc) is 2.47. The molecule has 0 atom stereocenters. The summed E-state index contributed by atoms with van der Waals surface area (Å²) in [7, 11) is 1.51. The van der Waals surface area contributed by atoms with Crippen LogP contribution in [0.2, 0.25) is 0 Å². The Morgan fingerprint density at radius 1 is 1.27 bits per heavy atom. The van der Waals surface area contributed by atoms with Gasteiger partial charge in [-0.15, -0.1) is 0 Å². The molecule has 0 saturated heterocycles. The summed E-state index contributed by atoms with van der Waals surface area (Å²) in [6.07, 6.45) is 0.790. The van der Waals surface area contributed by atoms with Crippen LogP contribution in [-0.4, -0.2) is 55.3 Å². The van der Waals surface area contributed by atoms with Crippen molar-refractivity contribution in [2.75, 3.05) is 33.4 Å². The van der Waals surface area contributed by atoms with E-state index in [-0.39, 0.29) is 25.4 Å². The molecule has 0 spiro atoms. The number of aliphatic carboxylic acids is 1. The van der Waals surface area contributed by atoms with E-state index in [0.717, 1.165) is 11.3 Å². The standard InChI is InChI=1S/C16H23NO5/c1-13-5-3-6-14(11-13)22-9-4-7-15(18)17(8-10-21-2)12-16(19)20/h3,5-6,11H,4,7-10,12H2,1-2H3,(H,19,20). The van der Waals surface area contributed by atoms with Crippen molar-refractivity contribution in [1.29, 1.82) is 0 Å². The van der Waals surface area contributed by atoms with Crippen molar-refractivity contribution >= 4 is 11.9 Å². The summed E-state index contributed by atoms with van der Waals surface area (Å²) in [4.78, 5) is 24.1. The van der Waals surface area contributed by atoms with Crippen molar-refractivity contribution in [3.05, 3.63) is 29.8 Å². The molecule has 0 unspecified atom stereocenters. The van der Waals surface area contributed by atoms with Gasteiger partial charge in [0, 0.05) is 20.1 Å². The molecule has 0 saturated carbocycles. The maximum atomic E-state index is 12.0. The molecule has 1 aromatic rings. The molecule has 122 valence electrons. The van der Waals surface area contributed by atoms with Gasteiger partial charge in [-0.2, -0.15) is 0 Å². The first-order valence-electron chi connectivity index (χ1n) is 7.21. The van der Waals surface area contributed by atoms with E-state index in [9.17, 15) is 9.59 Å². The van der Waals surface area contributed by atoms with Gasteiger partial charge in [0.1, 0.15) is 12.3 Å². The van der Waals surface area contributed by atoms with Crippen LogP contribution in [0.3, 0.4) is 0 Å². The minimum Gasteiger partial charge on any atom is -0.494 e. The molecule has 0 aliphatic rings. The number of benzene rings is 1. The largest absolute Gasteiger partial charge is 0.494 e. The molecular formula is C16H23NO5. The molecule has 0 aliphatic heterocycles. The number of nitrogens with zero attached hydrogens (tertiary/aromatic N) is 1. The SMILES string of the molecule is COCCN(CC(=O)O)C(=O)CCCOc1cccc(C)c1. The third-order valence-electron chi connectivity index (χ3n) is 3.04. The molecule has 1 rings (SSSR count). The van der Waals surface area contributed by atoms with Crippen molar-refractivity contribution < 1.29 is 24.2 Å². The Kier molecular flexibility index (Phi) is 7.99. The molecule has 0 radical (unpaired) electrons. The van der Waals surface area contributed by atoms with Crippen LogP contribution in [0.15, 0.2) is 24.3 Å². The molecule has 0 fully saturated rings. The summed E-state index contributed by atoms with van der Waals surface area (Å²) in [5, 5.41) is 8.82. The number of hydrogen-bond donors (Lipinski definition) is 1. The normalized spacial score (nSPS) is 10.3. The van der Waals surface area contributed by atoms with Crippen molar-refractivity contribution in [1.82, 2.24) is 4.90 Å². The molecule has 1 aromatic carbocycles. The molecule has 0 aliphatic carbocycles. The highest BCUT2D eigenvalue weighted by Crippen LogP contribution is 2.12. The van der Waals surface area contributed by atoms with Gasteiger partial charge in [0.05, 0.1) is 13.2 Å². The monoisotopic (exact) mass is 309 g/mol. The number of hydrogen-bond acceptors (Lipinski definition) is 4. The lowest BCUT2D eigenvalue weighted by Gasteiger charge is -2.20. The summed E-state index contributed by atoms with van der Waals surface area (Å²) in [6.45, 7) is 2.69. The number of carboxylic acids is 1. The van der Waals surface area contributed by atoms with Crippen LogP contribution >= 0.6 is 0 Å². The number of ether oxygens (including phenoxy) is 2. The fraction of sp³-hybridized carbons (Fsp3) is 0.500. The van der Waals surface area contributed by atoms with Gasteiger partial charge in [0.2, 0.25) is 5.91 Å². The highest BCUT2D eigenvalue weighted by molar-refractivity contribution is 5.81. The van der Waals surface area contributed by atoms with Gasteiger partial charge in [0.15, 0.2) is 0 Å². The molecule has 6 heteroatoms. The summed E-state index contributed by atoms with van der Waals surface area (Å²) in [5.41, 5.74) is 1.11. The highest BCUT2D eigenvalue weighted by atomic mass is 16.5. The Morgan fingerprint density at radius 3 is 2.68 bits per heavy atom. The Bertz CT molecular complexity index is 489. The lowest BCUT2D eigenvalue weighted by Crippen LogP contribution is -2.38. The minimum absolute atomic E-state index is 0.202. The van der Waals surface area contributed by atoms with Gasteiger partial charge in [-0.3, -0.25) is 9.59 Å². The Morgan fingerprint density at radius 2 is 2.05 bits per heavy atom. The number of carboxylic acid groups (broad SMARTS) is 1. The molecule has 0 aromatic heterocycles. The van der Waals surface area contributed by atoms with Crippen LogP contribution in [-0.2, 0) is 14.3 Å². The molecule has 1 amide bonds. The average molecular weight is 309 g/mol. The smallest absolute Gasteiger partial charge is 0.323 e. The van der Waals surface area contributed by atoms with E-state index in [2.05, 4.69) is 0 Å². The van der Waals surface area contributed by atoms with Crippen molar-refractivity contribution in [3.8, 4) is 5.75 Å². The lowest BCUT2D eigenvalue weighted by molar-refractivity contribution is -0.145. The quantitative estimate of drug-likeness (QED) is 0.666. The fourth-order valence-electron chi connectivity index (χ4n) is 1.93. The van der Waals surface area contributed by atoms with Gasteiger partial charge in [-0.25, -0.2) is 0 Å². The van der Waals surface area contributed by atoms with Crippen LogP contribution in [0.5, 0.6) is 5.75 Å². The van der Waals surface area contributed by atoms with Gasteiger partial charge in [-0.1, -0.05) is 12.1 Å². The highest BCUT2D eigenvalue weighted by Gasteiger charge is 2.16. The predicted molar refractivity (Wildman–Crippen MR) is 82.0 cm³/mol.